The van der Waals surface area contributed by atoms with Crippen LogP contribution >= 0.6 is 15.9 Å². The van der Waals surface area contributed by atoms with Crippen molar-refractivity contribution in [2.24, 2.45) is 5.10 Å². The Balaban J connectivity index is 1.65. The Morgan fingerprint density at radius 2 is 1.70 bits per heavy atom. The molecule has 0 unspecified atom stereocenters. The van der Waals surface area contributed by atoms with Crippen LogP contribution in [0.25, 0.3) is 22.2 Å². The zero-order valence-electron chi connectivity index (χ0n) is 17.9. The molecule has 4 rings (SSSR count). The van der Waals surface area contributed by atoms with E-state index in [1.165, 1.54) is 20.4 Å². The van der Waals surface area contributed by atoms with Crippen molar-refractivity contribution in [1.82, 2.24) is 10.4 Å². The molecule has 0 aliphatic rings. The Morgan fingerprint density at radius 1 is 1.03 bits per heavy atom. The summed E-state index contributed by atoms with van der Waals surface area (Å²) in [5, 5.41) is 14.8. The van der Waals surface area contributed by atoms with Gasteiger partial charge in [-0.05, 0) is 36.4 Å². The molecular weight excluding hydrogens is 486 g/mol. The van der Waals surface area contributed by atoms with Crippen molar-refractivity contribution >= 4 is 39.0 Å². The summed E-state index contributed by atoms with van der Waals surface area (Å²) in [6.07, 6.45) is 1.45. The minimum Gasteiger partial charge on any atom is -0.502 e. The molecule has 166 valence electrons. The van der Waals surface area contributed by atoms with E-state index in [-0.39, 0.29) is 23.2 Å². The second-order valence-electron chi connectivity index (χ2n) is 7.05. The fourth-order valence-electron chi connectivity index (χ4n) is 3.35. The number of fused-ring (bicyclic) bond motifs is 1. The maximum Gasteiger partial charge on any atom is 0.272 e. The molecular formula is C25H20BrN3O4. The molecule has 1 amide bonds. The van der Waals surface area contributed by atoms with E-state index in [0.717, 1.165) is 15.4 Å². The highest BCUT2D eigenvalue weighted by Gasteiger charge is 2.14. The number of para-hydroxylation sites is 1. The molecule has 2 N–H and O–H groups in total. The number of hydrogen-bond donors (Lipinski definition) is 2. The normalized spacial score (nSPS) is 11.0. The summed E-state index contributed by atoms with van der Waals surface area (Å²) >= 11 is 3.44. The predicted octanol–water partition coefficient (Wildman–Crippen LogP) is 5.15. The molecule has 1 aromatic heterocycles. The first-order chi connectivity index (χ1) is 16.0. The number of hydrazone groups is 1. The number of carbonyl (C=O) groups is 1. The number of pyridine rings is 1. The van der Waals surface area contributed by atoms with Crippen LogP contribution in [0.2, 0.25) is 0 Å². The van der Waals surface area contributed by atoms with Gasteiger partial charge in [-0.15, -0.1) is 0 Å². The lowest BCUT2D eigenvalue weighted by Gasteiger charge is -2.10. The maximum absolute atomic E-state index is 13.0. The minimum absolute atomic E-state index is 0.107. The fourth-order valence-corrected chi connectivity index (χ4v) is 3.61. The monoisotopic (exact) mass is 505 g/mol. The number of phenolic OH excluding ortho intramolecular Hbond substituents is 1. The van der Waals surface area contributed by atoms with Gasteiger partial charge in [-0.3, -0.25) is 4.79 Å². The Morgan fingerprint density at radius 3 is 2.36 bits per heavy atom. The highest BCUT2D eigenvalue weighted by atomic mass is 79.9. The smallest absolute Gasteiger partial charge is 0.272 e. The second-order valence-corrected chi connectivity index (χ2v) is 7.97. The van der Waals surface area contributed by atoms with Gasteiger partial charge in [0.2, 0.25) is 5.75 Å². The summed E-state index contributed by atoms with van der Waals surface area (Å²) in [5.74, 6) is -0.00591. The summed E-state index contributed by atoms with van der Waals surface area (Å²) < 4.78 is 11.3. The van der Waals surface area contributed by atoms with Gasteiger partial charge in [0, 0.05) is 21.0 Å². The summed E-state index contributed by atoms with van der Waals surface area (Å²) in [5.41, 5.74) is 5.89. The van der Waals surface area contributed by atoms with Crippen LogP contribution in [-0.2, 0) is 0 Å². The number of carbonyl (C=O) groups excluding carboxylic acids is 1. The van der Waals surface area contributed by atoms with Gasteiger partial charge >= 0.3 is 0 Å². The summed E-state index contributed by atoms with van der Waals surface area (Å²) in [4.78, 5) is 17.7. The van der Waals surface area contributed by atoms with Gasteiger partial charge in [0.15, 0.2) is 11.5 Å². The molecule has 33 heavy (non-hydrogen) atoms. The summed E-state index contributed by atoms with van der Waals surface area (Å²) in [7, 11) is 2.88. The largest absolute Gasteiger partial charge is 0.502 e. The Labute approximate surface area is 198 Å². The highest BCUT2D eigenvalue weighted by molar-refractivity contribution is 9.10. The summed E-state index contributed by atoms with van der Waals surface area (Å²) in [6.45, 7) is 0. The standard InChI is InChI=1S/C25H20BrN3O4/c1-32-22-11-15(12-23(33-2)24(22)30)14-27-29-25(31)19-13-21(16-7-9-17(26)10-8-16)28-20-6-4-3-5-18(19)20/h3-14,30H,1-2H3,(H,29,31)/b27-14+. The number of phenols is 1. The van der Waals surface area contributed by atoms with Crippen LogP contribution < -0.4 is 14.9 Å². The SMILES string of the molecule is COc1cc(/C=N/NC(=O)c2cc(-c3ccc(Br)cc3)nc3ccccc23)cc(OC)c1O. The van der Waals surface area contributed by atoms with Gasteiger partial charge in [-0.2, -0.15) is 5.10 Å². The zero-order chi connectivity index (χ0) is 23.4. The fraction of sp³-hybridized carbons (Fsp3) is 0.0800. The molecule has 0 spiro atoms. The number of nitrogens with zero attached hydrogens (tertiary/aromatic N) is 2. The van der Waals surface area contributed by atoms with E-state index >= 15 is 0 Å². The number of nitrogens with one attached hydrogen (secondary N) is 1. The molecule has 0 radical (unpaired) electrons. The number of methoxy groups -OCH3 is 2. The van der Waals surface area contributed by atoms with Crippen LogP contribution in [0.1, 0.15) is 15.9 Å². The molecule has 0 bridgehead atoms. The van der Waals surface area contributed by atoms with E-state index in [9.17, 15) is 9.90 Å². The second kappa shape index (κ2) is 9.70. The number of hydrogen-bond acceptors (Lipinski definition) is 6. The number of aromatic nitrogens is 1. The number of aromatic hydroxyl groups is 1. The van der Waals surface area contributed by atoms with Crippen molar-refractivity contribution in [3.63, 3.8) is 0 Å². The average Bonchev–Trinajstić information content (AvgIpc) is 2.84. The van der Waals surface area contributed by atoms with Crippen LogP contribution in [-0.4, -0.2) is 36.4 Å². The molecule has 0 saturated carbocycles. The number of ether oxygens (including phenoxy) is 2. The quantitative estimate of drug-likeness (QED) is 0.279. The van der Waals surface area contributed by atoms with Gasteiger partial charge in [0.05, 0.1) is 37.2 Å². The molecule has 8 heteroatoms. The molecule has 1 heterocycles. The number of amides is 1. The third-order valence-electron chi connectivity index (χ3n) is 4.98. The van der Waals surface area contributed by atoms with Gasteiger partial charge < -0.3 is 14.6 Å². The van der Waals surface area contributed by atoms with E-state index in [2.05, 4.69) is 26.5 Å². The zero-order valence-corrected chi connectivity index (χ0v) is 19.5. The number of rotatable bonds is 6. The third kappa shape index (κ3) is 4.80. The lowest BCUT2D eigenvalue weighted by atomic mass is 10.0. The van der Waals surface area contributed by atoms with Crippen molar-refractivity contribution < 1.29 is 19.4 Å². The van der Waals surface area contributed by atoms with E-state index in [1.54, 1.807) is 18.2 Å². The average molecular weight is 506 g/mol. The van der Waals surface area contributed by atoms with Gasteiger partial charge in [0.25, 0.3) is 5.91 Å². The highest BCUT2D eigenvalue weighted by Crippen LogP contribution is 2.36. The Kier molecular flexibility index (Phi) is 6.55. The minimum atomic E-state index is -0.374. The van der Waals surface area contributed by atoms with Crippen LogP contribution in [0.15, 0.2) is 76.3 Å². The molecule has 3 aromatic carbocycles. The molecule has 7 nitrogen and oxygen atoms in total. The van der Waals surface area contributed by atoms with Crippen molar-refractivity contribution in [3.05, 3.63) is 82.3 Å². The Hall–Kier alpha value is -3.91. The molecule has 0 fully saturated rings. The van der Waals surface area contributed by atoms with Crippen molar-refractivity contribution in [2.75, 3.05) is 14.2 Å². The van der Waals surface area contributed by atoms with E-state index < -0.39 is 0 Å². The van der Waals surface area contributed by atoms with Crippen LogP contribution in [0.4, 0.5) is 0 Å². The van der Waals surface area contributed by atoms with E-state index in [1.807, 2.05) is 48.5 Å². The van der Waals surface area contributed by atoms with E-state index in [0.29, 0.717) is 22.3 Å². The van der Waals surface area contributed by atoms with Crippen LogP contribution in [0.3, 0.4) is 0 Å². The topological polar surface area (TPSA) is 93.0 Å². The molecule has 0 saturated heterocycles. The van der Waals surface area contributed by atoms with Gasteiger partial charge in [-0.25, -0.2) is 10.4 Å². The lowest BCUT2D eigenvalue weighted by Crippen LogP contribution is -2.18. The molecule has 0 aliphatic heterocycles. The van der Waals surface area contributed by atoms with Crippen molar-refractivity contribution in [2.45, 2.75) is 0 Å². The third-order valence-corrected chi connectivity index (χ3v) is 5.51. The maximum atomic E-state index is 13.0. The lowest BCUT2D eigenvalue weighted by molar-refractivity contribution is 0.0956. The van der Waals surface area contributed by atoms with Crippen LogP contribution in [0.5, 0.6) is 17.2 Å². The van der Waals surface area contributed by atoms with Crippen molar-refractivity contribution in [3.8, 4) is 28.5 Å². The first-order valence-electron chi connectivity index (χ1n) is 9.94. The first-order valence-corrected chi connectivity index (χ1v) is 10.7. The predicted molar refractivity (Wildman–Crippen MR) is 131 cm³/mol. The molecule has 0 aliphatic carbocycles. The number of benzene rings is 3. The van der Waals surface area contributed by atoms with E-state index in [4.69, 9.17) is 14.5 Å². The van der Waals surface area contributed by atoms with Gasteiger partial charge in [-0.1, -0.05) is 46.3 Å². The molecule has 4 aromatic rings. The molecule has 0 atom stereocenters. The summed E-state index contributed by atoms with van der Waals surface area (Å²) in [6, 6.07) is 20.1. The number of halogens is 1. The first kappa shape index (κ1) is 22.3. The van der Waals surface area contributed by atoms with Gasteiger partial charge in [0.1, 0.15) is 0 Å². The van der Waals surface area contributed by atoms with Crippen LogP contribution in [0, 0.1) is 0 Å². The Bertz CT molecular complexity index is 1330. The van der Waals surface area contributed by atoms with Crippen molar-refractivity contribution in [1.29, 1.82) is 0 Å².